The summed E-state index contributed by atoms with van der Waals surface area (Å²) in [6.45, 7) is 7.75. The molecule has 0 aliphatic carbocycles. The van der Waals surface area contributed by atoms with Crippen LogP contribution in [0.5, 0.6) is 0 Å². The van der Waals surface area contributed by atoms with E-state index in [1.54, 1.807) is 0 Å². The van der Waals surface area contributed by atoms with Crippen LogP contribution in [0.15, 0.2) is 18.5 Å². The van der Waals surface area contributed by atoms with Gasteiger partial charge in [0.15, 0.2) is 0 Å². The van der Waals surface area contributed by atoms with Crippen LogP contribution in [0.2, 0.25) is 0 Å². The fourth-order valence-electron chi connectivity index (χ4n) is 1.28. The molecule has 0 aromatic carbocycles. The molecule has 0 N–H and O–H groups in total. The van der Waals surface area contributed by atoms with Gasteiger partial charge in [0.2, 0.25) is 0 Å². The van der Waals surface area contributed by atoms with Gasteiger partial charge in [-0.05, 0) is 30.9 Å². The minimum absolute atomic E-state index is 0.766. The summed E-state index contributed by atoms with van der Waals surface area (Å²) in [4.78, 5) is 0. The highest BCUT2D eigenvalue weighted by Gasteiger charge is 1.98. The predicted octanol–water partition coefficient (Wildman–Crippen LogP) is 2.71. The Morgan fingerprint density at radius 3 is 2.64 bits per heavy atom. The molecule has 1 heteroatoms. The molecule has 0 aliphatic heterocycles. The molecule has 1 heterocycles. The van der Waals surface area contributed by atoms with Gasteiger partial charge in [-0.15, -0.1) is 0 Å². The molecular weight excluding hydrogens is 134 g/mol. The molecule has 0 radical (unpaired) electrons. The second-order valence-electron chi connectivity index (χ2n) is 3.45. The van der Waals surface area contributed by atoms with Gasteiger partial charge in [0.25, 0.3) is 0 Å². The lowest BCUT2D eigenvalue weighted by Crippen LogP contribution is -1.92. The van der Waals surface area contributed by atoms with Crippen LogP contribution in [-0.2, 0) is 13.0 Å². The second-order valence-corrected chi connectivity index (χ2v) is 3.45. The average Bonchev–Trinajstić information content (AvgIpc) is 2.34. The second kappa shape index (κ2) is 3.61. The molecule has 1 aromatic heterocycles. The summed E-state index contributed by atoms with van der Waals surface area (Å²) in [6, 6.07) is 2.21. The highest BCUT2D eigenvalue weighted by Crippen LogP contribution is 2.07. The fraction of sp³-hybridized carbons (Fsp3) is 0.600. The fourth-order valence-corrected chi connectivity index (χ4v) is 1.28. The van der Waals surface area contributed by atoms with E-state index in [1.165, 1.54) is 12.0 Å². The third-order valence-corrected chi connectivity index (χ3v) is 1.82. The number of hydrogen-bond acceptors (Lipinski definition) is 0. The van der Waals surface area contributed by atoms with Gasteiger partial charge in [0, 0.05) is 18.9 Å². The van der Waals surface area contributed by atoms with Crippen molar-refractivity contribution in [2.75, 3.05) is 0 Å². The van der Waals surface area contributed by atoms with Gasteiger partial charge in [-0.3, -0.25) is 0 Å². The monoisotopic (exact) mass is 151 g/mol. The third-order valence-electron chi connectivity index (χ3n) is 1.82. The molecular formula is C10H17N. The van der Waals surface area contributed by atoms with Crippen molar-refractivity contribution in [3.05, 3.63) is 24.0 Å². The number of aromatic nitrogens is 1. The van der Waals surface area contributed by atoms with Gasteiger partial charge >= 0.3 is 0 Å². The van der Waals surface area contributed by atoms with Crippen molar-refractivity contribution in [1.29, 1.82) is 0 Å². The number of rotatable bonds is 3. The maximum absolute atomic E-state index is 2.25. The maximum Gasteiger partial charge on any atom is 0.0191 e. The predicted molar refractivity (Wildman–Crippen MR) is 48.6 cm³/mol. The van der Waals surface area contributed by atoms with Crippen LogP contribution in [0, 0.1) is 5.92 Å². The smallest absolute Gasteiger partial charge is 0.0191 e. The lowest BCUT2D eigenvalue weighted by Gasteiger charge is -2.00. The Morgan fingerprint density at radius 2 is 2.18 bits per heavy atom. The van der Waals surface area contributed by atoms with Crippen LogP contribution in [-0.4, -0.2) is 4.57 Å². The maximum atomic E-state index is 2.25. The van der Waals surface area contributed by atoms with Gasteiger partial charge in [0.1, 0.15) is 0 Å². The molecule has 0 saturated heterocycles. The Kier molecular flexibility index (Phi) is 2.75. The summed E-state index contributed by atoms with van der Waals surface area (Å²) < 4.78 is 2.22. The zero-order chi connectivity index (χ0) is 8.27. The molecule has 0 spiro atoms. The van der Waals surface area contributed by atoms with E-state index >= 15 is 0 Å². The zero-order valence-electron chi connectivity index (χ0n) is 7.67. The van der Waals surface area contributed by atoms with E-state index < -0.39 is 0 Å². The number of aryl methyl sites for hydroxylation is 1. The van der Waals surface area contributed by atoms with E-state index in [0.29, 0.717) is 0 Å². The van der Waals surface area contributed by atoms with Crippen molar-refractivity contribution in [2.45, 2.75) is 33.7 Å². The zero-order valence-corrected chi connectivity index (χ0v) is 7.67. The van der Waals surface area contributed by atoms with Gasteiger partial charge in [-0.1, -0.05) is 13.8 Å². The van der Waals surface area contributed by atoms with Crippen LogP contribution in [0.4, 0.5) is 0 Å². The summed E-state index contributed by atoms with van der Waals surface area (Å²) in [5.74, 6) is 0.766. The van der Waals surface area contributed by atoms with E-state index in [9.17, 15) is 0 Å². The van der Waals surface area contributed by atoms with Crippen molar-refractivity contribution in [3.63, 3.8) is 0 Å². The molecule has 1 rings (SSSR count). The Morgan fingerprint density at radius 1 is 1.45 bits per heavy atom. The quantitative estimate of drug-likeness (QED) is 0.626. The molecule has 0 aliphatic rings. The third kappa shape index (κ3) is 2.41. The highest BCUT2D eigenvalue weighted by atomic mass is 14.9. The highest BCUT2D eigenvalue weighted by molar-refractivity contribution is 5.10. The Balaban J connectivity index is 2.58. The van der Waals surface area contributed by atoms with Crippen LogP contribution in [0.25, 0.3) is 0 Å². The van der Waals surface area contributed by atoms with Crippen LogP contribution in [0.1, 0.15) is 26.3 Å². The molecule has 1 aromatic rings. The van der Waals surface area contributed by atoms with Crippen molar-refractivity contribution in [3.8, 4) is 0 Å². The van der Waals surface area contributed by atoms with E-state index in [4.69, 9.17) is 0 Å². The largest absolute Gasteiger partial charge is 0.354 e. The van der Waals surface area contributed by atoms with Crippen molar-refractivity contribution >= 4 is 0 Å². The molecule has 1 nitrogen and oxygen atoms in total. The topological polar surface area (TPSA) is 4.93 Å². The molecule has 0 amide bonds. The average molecular weight is 151 g/mol. The Bertz CT molecular complexity index is 210. The molecule has 11 heavy (non-hydrogen) atoms. The van der Waals surface area contributed by atoms with E-state index in [2.05, 4.69) is 43.8 Å². The summed E-state index contributed by atoms with van der Waals surface area (Å²) in [6.07, 6.45) is 5.59. The summed E-state index contributed by atoms with van der Waals surface area (Å²) in [5.41, 5.74) is 1.46. The number of nitrogens with zero attached hydrogens (tertiary/aromatic N) is 1. The van der Waals surface area contributed by atoms with Gasteiger partial charge < -0.3 is 4.57 Å². The minimum atomic E-state index is 0.766. The number of hydrogen-bond donors (Lipinski definition) is 0. The summed E-state index contributed by atoms with van der Waals surface area (Å²) in [7, 11) is 0. The van der Waals surface area contributed by atoms with E-state index in [0.717, 1.165) is 12.5 Å². The van der Waals surface area contributed by atoms with Crippen molar-refractivity contribution in [1.82, 2.24) is 4.57 Å². The lowest BCUT2D eigenvalue weighted by molar-refractivity contribution is 0.644. The minimum Gasteiger partial charge on any atom is -0.354 e. The molecule has 0 fully saturated rings. The Labute approximate surface area is 69.0 Å². The SMILES string of the molecule is CCn1ccc(CC(C)C)c1. The van der Waals surface area contributed by atoms with E-state index in [1.807, 2.05) is 0 Å². The first kappa shape index (κ1) is 8.38. The van der Waals surface area contributed by atoms with Gasteiger partial charge in [0.05, 0.1) is 0 Å². The van der Waals surface area contributed by atoms with Crippen molar-refractivity contribution < 1.29 is 0 Å². The first-order valence-corrected chi connectivity index (χ1v) is 4.37. The standard InChI is InChI=1S/C10H17N/c1-4-11-6-5-10(8-11)7-9(2)3/h5-6,8-9H,4,7H2,1-3H3. The Hall–Kier alpha value is -0.720. The lowest BCUT2D eigenvalue weighted by atomic mass is 10.1. The molecule has 0 bridgehead atoms. The first-order valence-electron chi connectivity index (χ1n) is 4.37. The molecule has 0 saturated carbocycles. The van der Waals surface area contributed by atoms with Gasteiger partial charge in [-0.2, -0.15) is 0 Å². The van der Waals surface area contributed by atoms with Crippen LogP contribution >= 0.6 is 0 Å². The summed E-state index contributed by atoms with van der Waals surface area (Å²) >= 11 is 0. The van der Waals surface area contributed by atoms with Gasteiger partial charge in [-0.25, -0.2) is 0 Å². The van der Waals surface area contributed by atoms with Crippen LogP contribution < -0.4 is 0 Å². The van der Waals surface area contributed by atoms with E-state index in [-0.39, 0.29) is 0 Å². The summed E-state index contributed by atoms with van der Waals surface area (Å²) in [5, 5.41) is 0. The molecule has 0 unspecified atom stereocenters. The normalized spacial score (nSPS) is 10.9. The first-order chi connectivity index (χ1) is 5.22. The molecule has 62 valence electrons. The van der Waals surface area contributed by atoms with Crippen molar-refractivity contribution in [2.24, 2.45) is 5.92 Å². The van der Waals surface area contributed by atoms with Crippen LogP contribution in [0.3, 0.4) is 0 Å². The molecule has 0 atom stereocenters.